The first-order chi connectivity index (χ1) is 15.0. The van der Waals surface area contributed by atoms with Crippen molar-refractivity contribution in [2.24, 2.45) is 0 Å². The van der Waals surface area contributed by atoms with E-state index in [0.29, 0.717) is 29.8 Å². The van der Waals surface area contributed by atoms with Crippen LogP contribution in [0.15, 0.2) is 53.3 Å². The van der Waals surface area contributed by atoms with Crippen LogP contribution in [0.3, 0.4) is 0 Å². The number of likely N-dealkylation sites (tertiary alicyclic amines) is 1. The molecule has 1 aliphatic rings. The molecule has 4 rings (SSSR count). The van der Waals surface area contributed by atoms with Gasteiger partial charge in [-0.2, -0.15) is 5.10 Å². The van der Waals surface area contributed by atoms with Gasteiger partial charge in [0.15, 0.2) is 0 Å². The lowest BCUT2D eigenvalue weighted by molar-refractivity contribution is -0.141. The summed E-state index contributed by atoms with van der Waals surface area (Å²) >= 11 is 6.03. The molecule has 6 nitrogen and oxygen atoms in total. The maximum atomic E-state index is 13.2. The van der Waals surface area contributed by atoms with E-state index in [1.54, 1.807) is 4.68 Å². The zero-order valence-electron chi connectivity index (χ0n) is 17.6. The van der Waals surface area contributed by atoms with Gasteiger partial charge in [0, 0.05) is 36.5 Å². The standard InChI is InChI=1S/C24H26ClN3O3/c1-31-23(29)12-15-27-13-10-19(11-14-27)28-24(30)21-5-3-2-4-20(21)22(26-28)16-17-6-8-18(25)9-7-17/h2-9,19H,10-16H2,1H3. The Morgan fingerprint density at radius 3 is 2.45 bits per heavy atom. The highest BCUT2D eigenvalue weighted by atomic mass is 35.5. The van der Waals surface area contributed by atoms with Crippen molar-refractivity contribution in [1.82, 2.24) is 14.7 Å². The molecule has 0 atom stereocenters. The summed E-state index contributed by atoms with van der Waals surface area (Å²) in [6.07, 6.45) is 2.68. The minimum atomic E-state index is -0.193. The summed E-state index contributed by atoms with van der Waals surface area (Å²) in [5.41, 5.74) is 1.96. The Labute approximate surface area is 186 Å². The van der Waals surface area contributed by atoms with Crippen LogP contribution >= 0.6 is 11.6 Å². The average Bonchev–Trinajstić information content (AvgIpc) is 2.81. The SMILES string of the molecule is COC(=O)CCN1CCC(n2nc(Cc3ccc(Cl)cc3)c3ccccc3c2=O)CC1. The molecule has 0 unspecified atom stereocenters. The van der Waals surface area contributed by atoms with E-state index in [0.717, 1.165) is 42.6 Å². The fourth-order valence-electron chi connectivity index (χ4n) is 4.19. The second-order valence-corrected chi connectivity index (χ2v) is 8.38. The summed E-state index contributed by atoms with van der Waals surface area (Å²) in [6, 6.07) is 15.5. The molecule has 3 aromatic rings. The molecule has 0 amide bonds. The van der Waals surface area contributed by atoms with Gasteiger partial charge in [0.05, 0.1) is 30.7 Å². The second kappa shape index (κ2) is 9.62. The first-order valence-electron chi connectivity index (χ1n) is 10.6. The molecule has 0 N–H and O–H groups in total. The van der Waals surface area contributed by atoms with E-state index < -0.39 is 0 Å². The van der Waals surface area contributed by atoms with Crippen LogP contribution in [-0.4, -0.2) is 47.4 Å². The average molecular weight is 440 g/mol. The van der Waals surface area contributed by atoms with Crippen LogP contribution in [0.2, 0.25) is 5.02 Å². The number of fused-ring (bicyclic) bond motifs is 1. The molecule has 0 aliphatic carbocycles. The summed E-state index contributed by atoms with van der Waals surface area (Å²) in [4.78, 5) is 26.9. The van der Waals surface area contributed by atoms with Crippen LogP contribution in [-0.2, 0) is 16.0 Å². The number of carbonyl (C=O) groups excluding carboxylic acids is 1. The number of aromatic nitrogens is 2. The van der Waals surface area contributed by atoms with Crippen molar-refractivity contribution in [2.75, 3.05) is 26.7 Å². The Kier molecular flexibility index (Phi) is 6.68. The third-order valence-electron chi connectivity index (χ3n) is 5.95. The summed E-state index contributed by atoms with van der Waals surface area (Å²) in [5.74, 6) is -0.193. The number of benzene rings is 2. The summed E-state index contributed by atoms with van der Waals surface area (Å²) in [5, 5.41) is 7.13. The van der Waals surface area contributed by atoms with Gasteiger partial charge in [-0.25, -0.2) is 4.68 Å². The lowest BCUT2D eigenvalue weighted by atomic mass is 10.0. The van der Waals surface area contributed by atoms with E-state index in [1.165, 1.54) is 7.11 Å². The molecule has 7 heteroatoms. The molecule has 31 heavy (non-hydrogen) atoms. The number of piperidine rings is 1. The van der Waals surface area contributed by atoms with E-state index in [-0.39, 0.29) is 17.6 Å². The van der Waals surface area contributed by atoms with Crippen molar-refractivity contribution in [1.29, 1.82) is 0 Å². The number of rotatable bonds is 6. The van der Waals surface area contributed by atoms with Gasteiger partial charge in [0.25, 0.3) is 5.56 Å². The normalized spacial score (nSPS) is 15.3. The van der Waals surface area contributed by atoms with Crippen LogP contribution in [0.1, 0.15) is 36.6 Å². The number of hydrogen-bond donors (Lipinski definition) is 0. The lowest BCUT2D eigenvalue weighted by Gasteiger charge is -2.32. The lowest BCUT2D eigenvalue weighted by Crippen LogP contribution is -2.39. The molecule has 0 radical (unpaired) electrons. The van der Waals surface area contributed by atoms with Crippen LogP contribution in [0, 0.1) is 0 Å². The predicted molar refractivity (Wildman–Crippen MR) is 122 cm³/mol. The molecule has 162 valence electrons. The first-order valence-corrected chi connectivity index (χ1v) is 11.0. The van der Waals surface area contributed by atoms with Crippen molar-refractivity contribution in [3.8, 4) is 0 Å². The summed E-state index contributed by atoms with van der Waals surface area (Å²) < 4.78 is 6.41. The fourth-order valence-corrected chi connectivity index (χ4v) is 4.31. The van der Waals surface area contributed by atoms with Gasteiger partial charge >= 0.3 is 5.97 Å². The van der Waals surface area contributed by atoms with E-state index in [4.69, 9.17) is 21.4 Å². The Bertz CT molecular complexity index is 1120. The van der Waals surface area contributed by atoms with E-state index in [9.17, 15) is 9.59 Å². The van der Waals surface area contributed by atoms with E-state index >= 15 is 0 Å². The molecule has 1 aromatic heterocycles. The molecule has 1 aliphatic heterocycles. The number of carbonyl (C=O) groups is 1. The van der Waals surface area contributed by atoms with Gasteiger partial charge < -0.3 is 9.64 Å². The number of halogens is 1. The molecule has 2 aromatic carbocycles. The van der Waals surface area contributed by atoms with Crippen molar-refractivity contribution < 1.29 is 9.53 Å². The maximum Gasteiger partial charge on any atom is 0.306 e. The van der Waals surface area contributed by atoms with Crippen molar-refractivity contribution >= 4 is 28.3 Å². The highest BCUT2D eigenvalue weighted by Gasteiger charge is 2.24. The quantitative estimate of drug-likeness (QED) is 0.546. The maximum absolute atomic E-state index is 13.2. The van der Waals surface area contributed by atoms with Gasteiger partial charge in [-0.05, 0) is 36.6 Å². The Hall–Kier alpha value is -2.70. The van der Waals surface area contributed by atoms with Crippen LogP contribution < -0.4 is 5.56 Å². The molecule has 0 saturated carbocycles. The fraction of sp³-hybridized carbons (Fsp3) is 0.375. The molecule has 2 heterocycles. The number of ether oxygens (including phenoxy) is 1. The molecule has 1 fully saturated rings. The first kappa shape index (κ1) is 21.5. The molecule has 0 bridgehead atoms. The molecule has 0 spiro atoms. The van der Waals surface area contributed by atoms with Crippen molar-refractivity contribution in [3.63, 3.8) is 0 Å². The Balaban J connectivity index is 1.58. The highest BCUT2D eigenvalue weighted by Crippen LogP contribution is 2.24. The number of hydrogen-bond acceptors (Lipinski definition) is 5. The van der Waals surface area contributed by atoms with E-state index in [2.05, 4.69) is 4.90 Å². The van der Waals surface area contributed by atoms with Crippen LogP contribution in [0.5, 0.6) is 0 Å². The number of esters is 1. The van der Waals surface area contributed by atoms with Gasteiger partial charge in [-0.15, -0.1) is 0 Å². The molecular formula is C24H26ClN3O3. The third kappa shape index (κ3) is 4.97. The Morgan fingerprint density at radius 2 is 1.77 bits per heavy atom. The molecule has 1 saturated heterocycles. The third-order valence-corrected chi connectivity index (χ3v) is 6.20. The minimum absolute atomic E-state index is 0.0385. The van der Waals surface area contributed by atoms with Crippen LogP contribution in [0.25, 0.3) is 10.8 Å². The topological polar surface area (TPSA) is 64.4 Å². The number of nitrogens with zero attached hydrogens (tertiary/aromatic N) is 3. The van der Waals surface area contributed by atoms with Crippen LogP contribution in [0.4, 0.5) is 0 Å². The van der Waals surface area contributed by atoms with Gasteiger partial charge in [-0.1, -0.05) is 41.9 Å². The zero-order valence-corrected chi connectivity index (χ0v) is 18.3. The molecular weight excluding hydrogens is 414 g/mol. The number of methoxy groups -OCH3 is 1. The van der Waals surface area contributed by atoms with Gasteiger partial charge in [0.1, 0.15) is 0 Å². The predicted octanol–water partition coefficient (Wildman–Crippen LogP) is 3.84. The second-order valence-electron chi connectivity index (χ2n) is 7.94. The Morgan fingerprint density at radius 1 is 1.10 bits per heavy atom. The monoisotopic (exact) mass is 439 g/mol. The van der Waals surface area contributed by atoms with Crippen molar-refractivity contribution in [3.05, 3.63) is 75.2 Å². The van der Waals surface area contributed by atoms with E-state index in [1.807, 2.05) is 48.5 Å². The van der Waals surface area contributed by atoms with Gasteiger partial charge in [-0.3, -0.25) is 9.59 Å². The van der Waals surface area contributed by atoms with Crippen molar-refractivity contribution in [2.45, 2.75) is 31.7 Å². The largest absolute Gasteiger partial charge is 0.469 e. The zero-order chi connectivity index (χ0) is 21.8. The summed E-state index contributed by atoms with van der Waals surface area (Å²) in [7, 11) is 1.41. The smallest absolute Gasteiger partial charge is 0.306 e. The summed E-state index contributed by atoms with van der Waals surface area (Å²) in [6.45, 7) is 2.34. The minimum Gasteiger partial charge on any atom is -0.469 e. The highest BCUT2D eigenvalue weighted by molar-refractivity contribution is 6.30. The van der Waals surface area contributed by atoms with Gasteiger partial charge in [0.2, 0.25) is 0 Å².